The Balaban J connectivity index is 1.73. The standard InChI is InChI=1S/C22H21NO9/c1-29-13-4-6-17(30-2)12(7-13)8-19-21(26)15-5-3-14(9-18(15)32-19)31-11-20(25)23-16(10-24)22(27)28/h3-9,16,24H,10-11H2,1-2H3,(H,23,25)(H,27,28). The molecule has 2 aromatic rings. The smallest absolute Gasteiger partial charge is 0.328 e. The van der Waals surface area contributed by atoms with E-state index in [0.717, 1.165) is 0 Å². The lowest BCUT2D eigenvalue weighted by molar-refractivity contribution is -0.143. The number of carbonyl (C=O) groups is 3. The van der Waals surface area contributed by atoms with Gasteiger partial charge in [0.05, 0.1) is 26.4 Å². The Morgan fingerprint density at radius 2 is 1.88 bits per heavy atom. The van der Waals surface area contributed by atoms with Crippen molar-refractivity contribution < 1.29 is 43.5 Å². The van der Waals surface area contributed by atoms with E-state index in [1.54, 1.807) is 24.3 Å². The normalized spacial score (nSPS) is 14.3. The molecule has 0 saturated heterocycles. The van der Waals surface area contributed by atoms with Crippen molar-refractivity contribution in [1.82, 2.24) is 5.32 Å². The molecular formula is C22H21NO9. The summed E-state index contributed by atoms with van der Waals surface area (Å²) in [6.07, 6.45) is 1.54. The molecule has 0 bridgehead atoms. The minimum Gasteiger partial charge on any atom is -0.497 e. The molecule has 32 heavy (non-hydrogen) atoms. The van der Waals surface area contributed by atoms with Crippen LogP contribution in [0.4, 0.5) is 0 Å². The molecule has 3 rings (SSSR count). The first kappa shape index (κ1) is 22.6. The molecule has 0 saturated carbocycles. The Labute approximate surface area is 183 Å². The zero-order valence-corrected chi connectivity index (χ0v) is 17.3. The van der Waals surface area contributed by atoms with Crippen LogP contribution in [0.5, 0.6) is 23.0 Å². The highest BCUT2D eigenvalue weighted by molar-refractivity contribution is 6.14. The average Bonchev–Trinajstić information content (AvgIpc) is 3.10. The lowest BCUT2D eigenvalue weighted by Crippen LogP contribution is -2.45. The van der Waals surface area contributed by atoms with Gasteiger partial charge in [-0.3, -0.25) is 9.59 Å². The predicted octanol–water partition coefficient (Wildman–Crippen LogP) is 1.26. The number of ether oxygens (including phenoxy) is 4. The quantitative estimate of drug-likeness (QED) is 0.489. The molecule has 1 aliphatic rings. The van der Waals surface area contributed by atoms with Crippen LogP contribution in [-0.4, -0.2) is 61.3 Å². The summed E-state index contributed by atoms with van der Waals surface area (Å²) < 4.78 is 21.5. The van der Waals surface area contributed by atoms with Gasteiger partial charge in [0, 0.05) is 11.6 Å². The van der Waals surface area contributed by atoms with E-state index in [1.165, 1.54) is 32.4 Å². The van der Waals surface area contributed by atoms with Crippen molar-refractivity contribution in [2.45, 2.75) is 6.04 Å². The minimum absolute atomic E-state index is 0.0775. The third kappa shape index (κ3) is 4.98. The zero-order chi connectivity index (χ0) is 23.3. The van der Waals surface area contributed by atoms with Crippen LogP contribution < -0.4 is 24.3 Å². The monoisotopic (exact) mass is 443 g/mol. The number of ketones is 1. The summed E-state index contributed by atoms with van der Waals surface area (Å²) in [5.74, 6) is -0.742. The SMILES string of the molecule is COc1ccc(OC)c(C=C2Oc3cc(OCC(=O)NC(CO)C(=O)O)ccc3C2=O)c1. The van der Waals surface area contributed by atoms with E-state index in [-0.39, 0.29) is 23.0 Å². The van der Waals surface area contributed by atoms with Gasteiger partial charge in [-0.25, -0.2) is 4.79 Å². The molecule has 10 nitrogen and oxygen atoms in total. The van der Waals surface area contributed by atoms with Crippen molar-refractivity contribution >= 4 is 23.7 Å². The van der Waals surface area contributed by atoms with E-state index in [4.69, 9.17) is 29.2 Å². The number of rotatable bonds is 9. The van der Waals surface area contributed by atoms with Crippen LogP contribution in [0.3, 0.4) is 0 Å². The Hall–Kier alpha value is -4.05. The first-order valence-electron chi connectivity index (χ1n) is 9.42. The van der Waals surface area contributed by atoms with Crippen molar-refractivity contribution in [2.24, 2.45) is 0 Å². The van der Waals surface area contributed by atoms with Crippen molar-refractivity contribution in [3.05, 3.63) is 53.3 Å². The van der Waals surface area contributed by atoms with Crippen molar-refractivity contribution in [2.75, 3.05) is 27.4 Å². The number of hydrogen-bond acceptors (Lipinski definition) is 8. The van der Waals surface area contributed by atoms with Crippen LogP contribution in [0.1, 0.15) is 15.9 Å². The molecule has 168 valence electrons. The van der Waals surface area contributed by atoms with Crippen LogP contribution in [0, 0.1) is 0 Å². The van der Waals surface area contributed by atoms with E-state index >= 15 is 0 Å². The maximum absolute atomic E-state index is 12.7. The molecule has 1 atom stereocenters. The highest BCUT2D eigenvalue weighted by Crippen LogP contribution is 2.36. The maximum Gasteiger partial charge on any atom is 0.328 e. The molecule has 2 aromatic carbocycles. The fourth-order valence-electron chi connectivity index (χ4n) is 2.92. The Morgan fingerprint density at radius 1 is 1.12 bits per heavy atom. The number of carboxylic acids is 1. The Kier molecular flexibility index (Phi) is 6.96. The second-order valence-corrected chi connectivity index (χ2v) is 6.64. The number of aliphatic hydroxyl groups excluding tert-OH is 1. The molecule has 10 heteroatoms. The number of benzene rings is 2. The predicted molar refractivity (Wildman–Crippen MR) is 111 cm³/mol. The minimum atomic E-state index is -1.42. The van der Waals surface area contributed by atoms with Gasteiger partial charge in [-0.2, -0.15) is 0 Å². The molecule has 0 aliphatic carbocycles. The number of nitrogens with one attached hydrogen (secondary N) is 1. The highest BCUT2D eigenvalue weighted by atomic mass is 16.5. The number of methoxy groups -OCH3 is 2. The van der Waals surface area contributed by atoms with Gasteiger partial charge in [-0.1, -0.05) is 0 Å². The first-order valence-corrected chi connectivity index (χ1v) is 9.42. The molecule has 1 heterocycles. The van der Waals surface area contributed by atoms with Gasteiger partial charge in [-0.15, -0.1) is 0 Å². The second kappa shape index (κ2) is 9.84. The summed E-state index contributed by atoms with van der Waals surface area (Å²) in [4.78, 5) is 35.4. The average molecular weight is 443 g/mol. The van der Waals surface area contributed by atoms with Gasteiger partial charge < -0.3 is 34.5 Å². The number of allylic oxidation sites excluding steroid dienone is 1. The van der Waals surface area contributed by atoms with E-state index in [1.807, 2.05) is 0 Å². The number of fused-ring (bicyclic) bond motifs is 1. The zero-order valence-electron chi connectivity index (χ0n) is 17.3. The molecule has 0 radical (unpaired) electrons. The topological polar surface area (TPSA) is 141 Å². The lowest BCUT2D eigenvalue weighted by Gasteiger charge is -2.12. The fraction of sp³-hybridized carbons (Fsp3) is 0.227. The van der Waals surface area contributed by atoms with Gasteiger partial charge in [0.15, 0.2) is 12.4 Å². The number of aliphatic hydroxyl groups is 1. The summed E-state index contributed by atoms with van der Waals surface area (Å²) in [6, 6.07) is 8.16. The Bertz CT molecular complexity index is 1080. The Morgan fingerprint density at radius 3 is 2.53 bits per heavy atom. The second-order valence-electron chi connectivity index (χ2n) is 6.64. The summed E-state index contributed by atoms with van der Waals surface area (Å²) in [5, 5.41) is 19.9. The molecule has 1 unspecified atom stereocenters. The summed E-state index contributed by atoms with van der Waals surface area (Å²) in [7, 11) is 3.04. The highest BCUT2D eigenvalue weighted by Gasteiger charge is 2.28. The molecular weight excluding hydrogens is 422 g/mol. The van der Waals surface area contributed by atoms with Crippen molar-refractivity contribution in [3.8, 4) is 23.0 Å². The van der Waals surface area contributed by atoms with Gasteiger partial charge in [0.1, 0.15) is 29.0 Å². The van der Waals surface area contributed by atoms with Crippen molar-refractivity contribution in [1.29, 1.82) is 0 Å². The molecule has 1 aliphatic heterocycles. The number of amides is 1. The number of Topliss-reactive ketones (excluding diaryl/α,β-unsaturated/α-hetero) is 1. The number of hydrogen-bond donors (Lipinski definition) is 3. The molecule has 0 fully saturated rings. The molecule has 0 spiro atoms. The van der Waals surface area contributed by atoms with Crippen LogP contribution in [0.25, 0.3) is 6.08 Å². The van der Waals surface area contributed by atoms with Crippen LogP contribution in [-0.2, 0) is 9.59 Å². The third-order valence-electron chi connectivity index (χ3n) is 4.55. The van der Waals surface area contributed by atoms with Crippen LogP contribution in [0.15, 0.2) is 42.2 Å². The van der Waals surface area contributed by atoms with Crippen LogP contribution in [0.2, 0.25) is 0 Å². The van der Waals surface area contributed by atoms with Gasteiger partial charge in [0.25, 0.3) is 5.91 Å². The lowest BCUT2D eigenvalue weighted by atomic mass is 10.1. The molecule has 1 amide bonds. The number of aliphatic carboxylic acids is 1. The third-order valence-corrected chi connectivity index (χ3v) is 4.55. The maximum atomic E-state index is 12.7. The van der Waals surface area contributed by atoms with E-state index in [2.05, 4.69) is 5.32 Å². The van der Waals surface area contributed by atoms with Gasteiger partial charge in [-0.05, 0) is 36.4 Å². The molecule has 0 aromatic heterocycles. The molecule has 3 N–H and O–H groups in total. The van der Waals surface area contributed by atoms with E-state index in [9.17, 15) is 14.4 Å². The summed E-state index contributed by atoms with van der Waals surface area (Å²) in [6.45, 7) is -1.23. The van der Waals surface area contributed by atoms with Crippen molar-refractivity contribution in [3.63, 3.8) is 0 Å². The fourth-order valence-corrected chi connectivity index (χ4v) is 2.92. The van der Waals surface area contributed by atoms with Gasteiger partial charge >= 0.3 is 5.97 Å². The van der Waals surface area contributed by atoms with Gasteiger partial charge in [0.2, 0.25) is 5.78 Å². The number of carbonyl (C=O) groups excluding carboxylic acids is 2. The first-order chi connectivity index (χ1) is 15.4. The van der Waals surface area contributed by atoms with Crippen LogP contribution >= 0.6 is 0 Å². The van der Waals surface area contributed by atoms with E-state index in [0.29, 0.717) is 22.6 Å². The van der Waals surface area contributed by atoms with E-state index < -0.39 is 31.1 Å². The summed E-state index contributed by atoms with van der Waals surface area (Å²) in [5.41, 5.74) is 0.911. The largest absolute Gasteiger partial charge is 0.497 e. The number of carboxylic acid groups (broad SMARTS) is 1. The summed E-state index contributed by atoms with van der Waals surface area (Å²) >= 11 is 0.